The van der Waals surface area contributed by atoms with E-state index in [-0.39, 0.29) is 24.8 Å². The Morgan fingerprint density at radius 3 is 2.23 bits per heavy atom. The van der Waals surface area contributed by atoms with Crippen LogP contribution in [0.5, 0.6) is 0 Å². The fourth-order valence-corrected chi connectivity index (χ4v) is 2.20. The number of nitrogens with zero attached hydrogens (tertiary/aromatic N) is 2. The molecular weight excluding hydrogens is 336 g/mol. The largest absolute Gasteiger partial charge is 0.481 e. The SMILES string of the molecule is O=C(O)CCc1nnc(-c2ccc(NC(=O)Nc3ccccc3)cc2)o1. The normalized spacial score (nSPS) is 10.3. The number of nitrogens with one attached hydrogen (secondary N) is 2. The van der Waals surface area contributed by atoms with Gasteiger partial charge in [-0.1, -0.05) is 18.2 Å². The zero-order valence-electron chi connectivity index (χ0n) is 13.7. The number of urea groups is 1. The van der Waals surface area contributed by atoms with Crippen LogP contribution in [-0.2, 0) is 11.2 Å². The molecule has 0 fully saturated rings. The molecule has 0 aliphatic rings. The maximum atomic E-state index is 12.0. The van der Waals surface area contributed by atoms with Crippen molar-refractivity contribution in [3.05, 3.63) is 60.5 Å². The number of carboxylic acids is 1. The van der Waals surface area contributed by atoms with Gasteiger partial charge < -0.3 is 20.2 Å². The zero-order valence-corrected chi connectivity index (χ0v) is 13.7. The number of anilines is 2. The lowest BCUT2D eigenvalue weighted by molar-refractivity contribution is -0.137. The van der Waals surface area contributed by atoms with E-state index in [1.807, 2.05) is 18.2 Å². The smallest absolute Gasteiger partial charge is 0.323 e. The van der Waals surface area contributed by atoms with Crippen molar-refractivity contribution in [1.82, 2.24) is 10.2 Å². The quantitative estimate of drug-likeness (QED) is 0.626. The zero-order chi connectivity index (χ0) is 18.4. The third kappa shape index (κ3) is 4.67. The molecule has 8 heteroatoms. The summed E-state index contributed by atoms with van der Waals surface area (Å²) in [7, 11) is 0. The van der Waals surface area contributed by atoms with Crippen LogP contribution in [0, 0.1) is 0 Å². The van der Waals surface area contributed by atoms with Crippen molar-refractivity contribution in [2.45, 2.75) is 12.8 Å². The van der Waals surface area contributed by atoms with Crippen LogP contribution in [0.3, 0.4) is 0 Å². The molecule has 3 rings (SSSR count). The van der Waals surface area contributed by atoms with Gasteiger partial charge in [0, 0.05) is 23.4 Å². The van der Waals surface area contributed by atoms with Gasteiger partial charge in [-0.3, -0.25) is 4.79 Å². The van der Waals surface area contributed by atoms with Crippen LogP contribution < -0.4 is 10.6 Å². The number of carboxylic acid groups (broad SMARTS) is 1. The van der Waals surface area contributed by atoms with Crippen molar-refractivity contribution in [3.8, 4) is 11.5 Å². The van der Waals surface area contributed by atoms with Gasteiger partial charge in [-0.05, 0) is 36.4 Å². The second kappa shape index (κ2) is 7.93. The minimum Gasteiger partial charge on any atom is -0.481 e. The van der Waals surface area contributed by atoms with Crippen molar-refractivity contribution in [2.75, 3.05) is 10.6 Å². The number of hydrogen-bond donors (Lipinski definition) is 3. The summed E-state index contributed by atoms with van der Waals surface area (Å²) in [5, 5.41) is 21.8. The van der Waals surface area contributed by atoms with E-state index >= 15 is 0 Å². The lowest BCUT2D eigenvalue weighted by Crippen LogP contribution is -2.19. The van der Waals surface area contributed by atoms with Gasteiger partial charge in [-0.25, -0.2) is 4.79 Å². The molecule has 0 saturated heterocycles. The Hall–Kier alpha value is -3.68. The van der Waals surface area contributed by atoms with Crippen LogP contribution in [0.25, 0.3) is 11.5 Å². The van der Waals surface area contributed by atoms with E-state index in [1.165, 1.54) is 0 Å². The second-order valence-corrected chi connectivity index (χ2v) is 5.42. The fourth-order valence-electron chi connectivity index (χ4n) is 2.20. The number of hydrogen-bond acceptors (Lipinski definition) is 5. The number of benzene rings is 2. The van der Waals surface area contributed by atoms with Crippen molar-refractivity contribution in [1.29, 1.82) is 0 Å². The van der Waals surface area contributed by atoms with Crippen molar-refractivity contribution < 1.29 is 19.1 Å². The molecule has 0 radical (unpaired) electrons. The predicted molar refractivity (Wildman–Crippen MR) is 94.8 cm³/mol. The topological polar surface area (TPSA) is 117 Å². The highest BCUT2D eigenvalue weighted by Gasteiger charge is 2.10. The van der Waals surface area contributed by atoms with E-state index in [1.54, 1.807) is 36.4 Å². The molecular formula is C18H16N4O4. The number of aliphatic carboxylic acids is 1. The van der Waals surface area contributed by atoms with Gasteiger partial charge in [0.05, 0.1) is 6.42 Å². The predicted octanol–water partition coefficient (Wildman–Crippen LogP) is 3.40. The Balaban J connectivity index is 1.59. The maximum Gasteiger partial charge on any atom is 0.323 e. The number of aromatic nitrogens is 2. The maximum absolute atomic E-state index is 12.0. The molecule has 2 amide bonds. The van der Waals surface area contributed by atoms with Crippen molar-refractivity contribution >= 4 is 23.4 Å². The molecule has 0 aliphatic heterocycles. The second-order valence-electron chi connectivity index (χ2n) is 5.42. The molecule has 2 aromatic carbocycles. The van der Waals surface area contributed by atoms with Crippen LogP contribution in [0.2, 0.25) is 0 Å². The molecule has 0 unspecified atom stereocenters. The third-order valence-electron chi connectivity index (χ3n) is 3.44. The monoisotopic (exact) mass is 352 g/mol. The summed E-state index contributed by atoms with van der Waals surface area (Å²) >= 11 is 0. The highest BCUT2D eigenvalue weighted by molar-refractivity contribution is 5.99. The Bertz CT molecular complexity index is 891. The first kappa shape index (κ1) is 17.2. The fraction of sp³-hybridized carbons (Fsp3) is 0.111. The number of carbonyl (C=O) groups excluding carboxylic acids is 1. The van der Waals surface area contributed by atoms with Gasteiger partial charge in [-0.15, -0.1) is 10.2 Å². The molecule has 0 aliphatic carbocycles. The summed E-state index contributed by atoms with van der Waals surface area (Å²) in [4.78, 5) is 22.5. The molecule has 3 N–H and O–H groups in total. The molecule has 0 atom stereocenters. The molecule has 132 valence electrons. The van der Waals surface area contributed by atoms with Crippen molar-refractivity contribution in [2.24, 2.45) is 0 Å². The van der Waals surface area contributed by atoms with E-state index in [2.05, 4.69) is 20.8 Å². The number of amides is 2. The number of carbonyl (C=O) groups is 2. The summed E-state index contributed by atoms with van der Waals surface area (Å²) < 4.78 is 5.43. The first-order valence-corrected chi connectivity index (χ1v) is 7.88. The highest BCUT2D eigenvalue weighted by Crippen LogP contribution is 2.21. The Morgan fingerprint density at radius 2 is 1.58 bits per heavy atom. The van der Waals surface area contributed by atoms with E-state index in [0.717, 1.165) is 0 Å². The summed E-state index contributed by atoms with van der Waals surface area (Å²) in [6.07, 6.45) is 0.114. The molecule has 26 heavy (non-hydrogen) atoms. The lowest BCUT2D eigenvalue weighted by Gasteiger charge is -2.07. The Kier molecular flexibility index (Phi) is 5.23. The van der Waals surface area contributed by atoms with E-state index in [4.69, 9.17) is 9.52 Å². The molecule has 1 heterocycles. The molecule has 0 saturated carbocycles. The molecule has 0 spiro atoms. The molecule has 1 aromatic heterocycles. The van der Waals surface area contributed by atoms with Crippen molar-refractivity contribution in [3.63, 3.8) is 0 Å². The first-order valence-electron chi connectivity index (χ1n) is 7.88. The van der Waals surface area contributed by atoms with Crippen LogP contribution in [-0.4, -0.2) is 27.3 Å². The summed E-state index contributed by atoms with van der Waals surface area (Å²) in [6.45, 7) is 0. The van der Waals surface area contributed by atoms with E-state index in [9.17, 15) is 9.59 Å². The highest BCUT2D eigenvalue weighted by atomic mass is 16.4. The van der Waals surface area contributed by atoms with Crippen LogP contribution in [0.15, 0.2) is 59.0 Å². The first-order chi connectivity index (χ1) is 12.6. The van der Waals surface area contributed by atoms with Crippen LogP contribution in [0.1, 0.15) is 12.3 Å². The standard InChI is InChI=1S/C18H16N4O4/c23-16(24)11-10-15-21-22-17(26-15)12-6-8-14(9-7-12)20-18(25)19-13-4-2-1-3-5-13/h1-9H,10-11H2,(H,23,24)(H2,19,20,25). The third-order valence-corrected chi connectivity index (χ3v) is 3.44. The minimum atomic E-state index is -0.922. The molecule has 3 aromatic rings. The Labute approximate surface area is 148 Å². The summed E-state index contributed by atoms with van der Waals surface area (Å²) in [6, 6.07) is 15.6. The van der Waals surface area contributed by atoms with Crippen LogP contribution in [0.4, 0.5) is 16.2 Å². The molecule has 8 nitrogen and oxygen atoms in total. The average Bonchev–Trinajstić information content (AvgIpc) is 3.10. The van der Waals surface area contributed by atoms with Crippen LogP contribution >= 0.6 is 0 Å². The van der Waals surface area contributed by atoms with E-state index < -0.39 is 5.97 Å². The number of para-hydroxylation sites is 1. The number of rotatable bonds is 6. The summed E-state index contributed by atoms with van der Waals surface area (Å²) in [5.74, 6) is -0.355. The summed E-state index contributed by atoms with van der Waals surface area (Å²) in [5.41, 5.74) is 1.97. The van der Waals surface area contributed by atoms with Gasteiger partial charge in [-0.2, -0.15) is 0 Å². The minimum absolute atomic E-state index is 0.0684. The number of aryl methyl sites for hydroxylation is 1. The Morgan fingerprint density at radius 1 is 0.923 bits per heavy atom. The van der Waals surface area contributed by atoms with Gasteiger partial charge >= 0.3 is 12.0 Å². The van der Waals surface area contributed by atoms with Gasteiger partial charge in [0.1, 0.15) is 0 Å². The lowest BCUT2D eigenvalue weighted by atomic mass is 10.2. The van der Waals surface area contributed by atoms with Gasteiger partial charge in [0.15, 0.2) is 0 Å². The van der Waals surface area contributed by atoms with E-state index in [0.29, 0.717) is 22.8 Å². The van der Waals surface area contributed by atoms with Gasteiger partial charge in [0.25, 0.3) is 0 Å². The van der Waals surface area contributed by atoms with Gasteiger partial charge in [0.2, 0.25) is 11.8 Å². The average molecular weight is 352 g/mol. The molecule has 0 bridgehead atoms.